The maximum atomic E-state index is 12.6. The minimum absolute atomic E-state index is 0.0291. The zero-order chi connectivity index (χ0) is 14.7. The molecule has 0 radical (unpaired) electrons. The zero-order valence-electron chi connectivity index (χ0n) is 11.9. The number of nitrogens with one attached hydrogen (secondary N) is 2. The normalized spacial score (nSPS) is 23.9. The van der Waals surface area contributed by atoms with Gasteiger partial charge in [0.2, 0.25) is 0 Å². The molecule has 2 N–H and O–H groups in total. The largest absolute Gasteiger partial charge is 0.312 e. The lowest BCUT2D eigenvalue weighted by molar-refractivity contribution is 0.246. The Balaban J connectivity index is 1.68. The third-order valence-electron chi connectivity index (χ3n) is 3.91. The van der Waals surface area contributed by atoms with E-state index in [9.17, 15) is 8.42 Å². The van der Waals surface area contributed by atoms with E-state index in [4.69, 9.17) is 0 Å². The predicted octanol–water partition coefficient (Wildman–Crippen LogP) is 0.740. The number of nitrogens with zero attached hydrogens (tertiary/aromatic N) is 3. The van der Waals surface area contributed by atoms with E-state index in [0.29, 0.717) is 18.3 Å². The fraction of sp³-hybridized carbons (Fsp3) is 0.692. The Morgan fingerprint density at radius 1 is 1.19 bits per heavy atom. The molecule has 1 unspecified atom stereocenters. The average molecular weight is 311 g/mol. The predicted molar refractivity (Wildman–Crippen MR) is 79.9 cm³/mol. The zero-order valence-corrected chi connectivity index (χ0v) is 12.7. The van der Waals surface area contributed by atoms with Gasteiger partial charge in [-0.05, 0) is 25.7 Å². The summed E-state index contributed by atoms with van der Waals surface area (Å²) in [5, 5.41) is 3.43. The van der Waals surface area contributed by atoms with E-state index in [-0.39, 0.29) is 6.04 Å². The van der Waals surface area contributed by atoms with Crippen molar-refractivity contribution in [3.05, 3.63) is 18.7 Å². The molecular weight excluding hydrogens is 290 g/mol. The van der Waals surface area contributed by atoms with Crippen molar-refractivity contribution < 1.29 is 8.42 Å². The van der Waals surface area contributed by atoms with Crippen LogP contribution in [0.3, 0.4) is 0 Å². The first-order valence-electron chi connectivity index (χ1n) is 7.43. The summed E-state index contributed by atoms with van der Waals surface area (Å²) >= 11 is 0. The lowest BCUT2D eigenvalue weighted by Crippen LogP contribution is -2.50. The Hall–Kier alpha value is -1.25. The molecule has 8 heteroatoms. The number of hydrogen-bond donors (Lipinski definition) is 2. The molecule has 2 heterocycles. The number of rotatable bonds is 6. The number of piperidine rings is 1. The number of aromatic nitrogens is 2. The fourth-order valence-corrected chi connectivity index (χ4v) is 4.11. The van der Waals surface area contributed by atoms with Crippen LogP contribution < -0.4 is 10.0 Å². The molecule has 3 rings (SSSR count). The van der Waals surface area contributed by atoms with Gasteiger partial charge in [0, 0.05) is 25.2 Å². The highest BCUT2D eigenvalue weighted by Gasteiger charge is 2.33. The molecule has 2 aliphatic rings. The van der Waals surface area contributed by atoms with Crippen molar-refractivity contribution in [3.8, 4) is 0 Å². The summed E-state index contributed by atoms with van der Waals surface area (Å²) in [5.41, 5.74) is 0.400. The van der Waals surface area contributed by atoms with E-state index in [1.54, 1.807) is 4.31 Å². The first kappa shape index (κ1) is 14.7. The van der Waals surface area contributed by atoms with Crippen LogP contribution in [0.5, 0.6) is 0 Å². The highest BCUT2D eigenvalue weighted by Crippen LogP contribution is 2.23. The van der Waals surface area contributed by atoms with Crippen LogP contribution in [0.15, 0.2) is 18.7 Å². The second-order valence-electron chi connectivity index (χ2n) is 5.68. The molecule has 0 bridgehead atoms. The van der Waals surface area contributed by atoms with Crippen molar-refractivity contribution in [1.82, 2.24) is 19.6 Å². The lowest BCUT2D eigenvalue weighted by Gasteiger charge is -2.34. The molecule has 1 aromatic rings. The Morgan fingerprint density at radius 2 is 1.95 bits per heavy atom. The van der Waals surface area contributed by atoms with Gasteiger partial charge in [0.1, 0.15) is 6.33 Å². The molecule has 21 heavy (non-hydrogen) atoms. The third-order valence-corrected chi connectivity index (χ3v) is 5.50. The lowest BCUT2D eigenvalue weighted by atomic mass is 10.1. The van der Waals surface area contributed by atoms with Crippen LogP contribution in [-0.2, 0) is 10.2 Å². The van der Waals surface area contributed by atoms with Crippen LogP contribution in [0.4, 0.5) is 5.69 Å². The molecule has 0 amide bonds. The highest BCUT2D eigenvalue weighted by atomic mass is 32.2. The van der Waals surface area contributed by atoms with Gasteiger partial charge < -0.3 is 5.32 Å². The molecular formula is C13H21N5O2S. The average Bonchev–Trinajstić information content (AvgIpc) is 3.30. The van der Waals surface area contributed by atoms with E-state index in [0.717, 1.165) is 25.8 Å². The maximum Gasteiger partial charge on any atom is 0.302 e. The van der Waals surface area contributed by atoms with Crippen LogP contribution >= 0.6 is 0 Å². The molecule has 1 saturated heterocycles. The summed E-state index contributed by atoms with van der Waals surface area (Å²) < 4.78 is 29.3. The summed E-state index contributed by atoms with van der Waals surface area (Å²) in [6, 6.07) is 0.619. The molecule has 0 aromatic carbocycles. The first-order valence-corrected chi connectivity index (χ1v) is 8.87. The van der Waals surface area contributed by atoms with Gasteiger partial charge in [-0.25, -0.2) is 9.97 Å². The van der Waals surface area contributed by atoms with E-state index in [1.807, 2.05) is 0 Å². The summed E-state index contributed by atoms with van der Waals surface area (Å²) in [4.78, 5) is 7.66. The molecule has 2 fully saturated rings. The minimum Gasteiger partial charge on any atom is -0.312 e. The summed E-state index contributed by atoms with van der Waals surface area (Å²) in [6.07, 6.45) is 9.62. The van der Waals surface area contributed by atoms with Gasteiger partial charge >= 0.3 is 10.2 Å². The fourth-order valence-electron chi connectivity index (χ4n) is 2.64. The molecule has 1 atom stereocenters. The van der Waals surface area contributed by atoms with Gasteiger partial charge in [0.15, 0.2) is 0 Å². The Kier molecular flexibility index (Phi) is 4.37. The number of hydrogen-bond acceptors (Lipinski definition) is 5. The summed E-state index contributed by atoms with van der Waals surface area (Å²) in [6.45, 7) is 1.30. The quantitative estimate of drug-likeness (QED) is 0.809. The van der Waals surface area contributed by atoms with Gasteiger partial charge in [-0.2, -0.15) is 12.7 Å². The molecule has 1 aliphatic heterocycles. The summed E-state index contributed by atoms with van der Waals surface area (Å²) in [7, 11) is -3.55. The van der Waals surface area contributed by atoms with Crippen LogP contribution in [0.25, 0.3) is 0 Å². The Labute approximate surface area is 125 Å². The van der Waals surface area contributed by atoms with Gasteiger partial charge in [-0.15, -0.1) is 0 Å². The topological polar surface area (TPSA) is 87.2 Å². The molecule has 1 saturated carbocycles. The highest BCUT2D eigenvalue weighted by molar-refractivity contribution is 7.90. The van der Waals surface area contributed by atoms with Crippen LogP contribution in [0.1, 0.15) is 32.1 Å². The van der Waals surface area contributed by atoms with E-state index in [2.05, 4.69) is 20.0 Å². The Bertz CT molecular complexity index is 561. The number of anilines is 1. The van der Waals surface area contributed by atoms with Crippen molar-refractivity contribution in [1.29, 1.82) is 0 Å². The van der Waals surface area contributed by atoms with Crippen molar-refractivity contribution in [2.75, 3.05) is 17.8 Å². The second-order valence-corrected chi connectivity index (χ2v) is 7.30. The van der Waals surface area contributed by atoms with Gasteiger partial charge in [0.25, 0.3) is 0 Å². The molecule has 1 aliphatic carbocycles. The first-order chi connectivity index (χ1) is 10.1. The van der Waals surface area contributed by atoms with E-state index in [1.165, 1.54) is 31.6 Å². The third kappa shape index (κ3) is 3.90. The van der Waals surface area contributed by atoms with Crippen molar-refractivity contribution in [3.63, 3.8) is 0 Å². The van der Waals surface area contributed by atoms with Crippen LogP contribution in [0.2, 0.25) is 0 Å². The van der Waals surface area contributed by atoms with Crippen molar-refractivity contribution in [2.24, 2.45) is 0 Å². The van der Waals surface area contributed by atoms with Gasteiger partial charge in [-0.3, -0.25) is 4.72 Å². The van der Waals surface area contributed by atoms with Gasteiger partial charge in [0.05, 0.1) is 18.1 Å². The molecule has 7 nitrogen and oxygen atoms in total. The standard InChI is InChI=1S/C13H21N5O2S/c19-21(20,17-12-7-14-10-15-8-12)18-6-2-1-3-13(18)9-16-11-4-5-11/h7-8,10-11,13,16-17H,1-6,9H2. The smallest absolute Gasteiger partial charge is 0.302 e. The van der Waals surface area contributed by atoms with E-state index >= 15 is 0 Å². The second kappa shape index (κ2) is 6.25. The molecule has 0 spiro atoms. The summed E-state index contributed by atoms with van der Waals surface area (Å²) in [5.74, 6) is 0. The van der Waals surface area contributed by atoms with Crippen LogP contribution in [-0.4, -0.2) is 47.9 Å². The molecule has 116 valence electrons. The Morgan fingerprint density at radius 3 is 2.67 bits per heavy atom. The monoisotopic (exact) mass is 311 g/mol. The SMILES string of the molecule is O=S(=O)(Nc1cncnc1)N1CCCCC1CNC1CC1. The molecule has 1 aromatic heterocycles. The van der Waals surface area contributed by atoms with Crippen molar-refractivity contribution >= 4 is 15.9 Å². The minimum atomic E-state index is -3.55. The van der Waals surface area contributed by atoms with E-state index < -0.39 is 10.2 Å². The van der Waals surface area contributed by atoms with Crippen LogP contribution in [0, 0.1) is 0 Å². The van der Waals surface area contributed by atoms with Gasteiger partial charge in [-0.1, -0.05) is 6.42 Å². The van der Waals surface area contributed by atoms with Crippen molar-refractivity contribution in [2.45, 2.75) is 44.2 Å². The maximum absolute atomic E-state index is 12.6.